The molecule has 0 fully saturated rings. The highest BCUT2D eigenvalue weighted by atomic mass is 16.3. The third kappa shape index (κ3) is 3.69. The van der Waals surface area contributed by atoms with Gasteiger partial charge < -0.3 is 4.42 Å². The van der Waals surface area contributed by atoms with Crippen LogP contribution in [0.25, 0.3) is 11.3 Å². The fourth-order valence-corrected chi connectivity index (χ4v) is 2.23. The van der Waals surface area contributed by atoms with Gasteiger partial charge in [-0.1, -0.05) is 30.3 Å². The SMILES string of the molecule is Cc1cc(-c2ccccc2)nc(N=NC(C)c2ccc(C)o2)n1. The highest BCUT2D eigenvalue weighted by molar-refractivity contribution is 5.60. The quantitative estimate of drug-likeness (QED) is 0.622. The molecular weight excluding hydrogens is 288 g/mol. The number of aryl methyl sites for hydroxylation is 2. The van der Waals surface area contributed by atoms with Crippen LogP contribution in [0, 0.1) is 13.8 Å². The van der Waals surface area contributed by atoms with Crippen molar-refractivity contribution in [2.75, 3.05) is 0 Å². The molecule has 0 saturated heterocycles. The molecule has 1 unspecified atom stereocenters. The molecule has 3 aromatic rings. The minimum atomic E-state index is -0.173. The van der Waals surface area contributed by atoms with E-state index in [1.54, 1.807) is 0 Å². The summed E-state index contributed by atoms with van der Waals surface area (Å²) in [7, 11) is 0. The van der Waals surface area contributed by atoms with Crippen LogP contribution < -0.4 is 0 Å². The first-order chi connectivity index (χ1) is 11.1. The summed E-state index contributed by atoms with van der Waals surface area (Å²) in [4.78, 5) is 8.80. The molecule has 0 spiro atoms. The van der Waals surface area contributed by atoms with Gasteiger partial charge in [0.05, 0.1) is 5.69 Å². The molecule has 0 saturated carbocycles. The van der Waals surface area contributed by atoms with Gasteiger partial charge in [0.15, 0.2) is 0 Å². The molecule has 5 heteroatoms. The van der Waals surface area contributed by atoms with Gasteiger partial charge in [-0.05, 0) is 39.0 Å². The summed E-state index contributed by atoms with van der Waals surface area (Å²) in [5.41, 5.74) is 2.73. The summed E-state index contributed by atoms with van der Waals surface area (Å²) in [5, 5.41) is 8.44. The molecule has 2 aromatic heterocycles. The van der Waals surface area contributed by atoms with E-state index >= 15 is 0 Å². The summed E-state index contributed by atoms with van der Waals surface area (Å²) in [6, 6.07) is 15.5. The average molecular weight is 306 g/mol. The van der Waals surface area contributed by atoms with E-state index in [0.29, 0.717) is 5.95 Å². The average Bonchev–Trinajstić information content (AvgIpc) is 2.99. The van der Waals surface area contributed by atoms with E-state index in [-0.39, 0.29) is 6.04 Å². The molecule has 1 aromatic carbocycles. The molecular formula is C18H18N4O. The topological polar surface area (TPSA) is 63.6 Å². The van der Waals surface area contributed by atoms with Crippen LogP contribution in [0.2, 0.25) is 0 Å². The van der Waals surface area contributed by atoms with E-state index < -0.39 is 0 Å². The van der Waals surface area contributed by atoms with E-state index in [4.69, 9.17) is 4.42 Å². The number of furan rings is 1. The fourth-order valence-electron chi connectivity index (χ4n) is 2.23. The predicted octanol–water partition coefficient (Wildman–Crippen LogP) is 5.20. The van der Waals surface area contributed by atoms with Crippen molar-refractivity contribution in [2.24, 2.45) is 10.2 Å². The van der Waals surface area contributed by atoms with Gasteiger partial charge in [0, 0.05) is 11.3 Å². The van der Waals surface area contributed by atoms with E-state index in [1.807, 2.05) is 69.3 Å². The minimum absolute atomic E-state index is 0.173. The Morgan fingerprint density at radius 1 is 1.00 bits per heavy atom. The van der Waals surface area contributed by atoms with Crippen LogP contribution in [0.15, 0.2) is 63.2 Å². The Hall–Kier alpha value is -2.82. The van der Waals surface area contributed by atoms with Crippen LogP contribution >= 0.6 is 0 Å². The van der Waals surface area contributed by atoms with E-state index in [9.17, 15) is 0 Å². The van der Waals surface area contributed by atoms with Crippen molar-refractivity contribution >= 4 is 5.95 Å². The molecule has 0 aliphatic heterocycles. The molecule has 0 aliphatic carbocycles. The third-order valence-corrected chi connectivity index (χ3v) is 3.41. The minimum Gasteiger partial charge on any atom is -0.464 e. The predicted molar refractivity (Wildman–Crippen MR) is 88.6 cm³/mol. The number of aromatic nitrogens is 2. The Bertz CT molecular complexity index is 824. The molecule has 0 N–H and O–H groups in total. The number of nitrogens with zero attached hydrogens (tertiary/aromatic N) is 4. The molecule has 1 atom stereocenters. The molecule has 2 heterocycles. The zero-order valence-electron chi connectivity index (χ0n) is 13.4. The first-order valence-electron chi connectivity index (χ1n) is 7.50. The van der Waals surface area contributed by atoms with E-state index in [2.05, 4.69) is 20.2 Å². The second-order valence-electron chi connectivity index (χ2n) is 5.40. The van der Waals surface area contributed by atoms with Crippen molar-refractivity contribution in [3.05, 3.63) is 65.7 Å². The maximum atomic E-state index is 5.56. The number of rotatable bonds is 4. The van der Waals surface area contributed by atoms with Gasteiger partial charge in [0.25, 0.3) is 5.95 Å². The van der Waals surface area contributed by atoms with Crippen molar-refractivity contribution in [3.63, 3.8) is 0 Å². The summed E-state index contributed by atoms with van der Waals surface area (Å²) in [6.45, 7) is 5.76. The van der Waals surface area contributed by atoms with Crippen LogP contribution in [0.4, 0.5) is 5.95 Å². The first-order valence-corrected chi connectivity index (χ1v) is 7.50. The lowest BCUT2D eigenvalue weighted by molar-refractivity contribution is 0.453. The Kier molecular flexibility index (Phi) is 4.28. The molecule has 3 rings (SSSR count). The van der Waals surface area contributed by atoms with Crippen LogP contribution in [0.5, 0.6) is 0 Å². The summed E-state index contributed by atoms with van der Waals surface area (Å²) in [5.74, 6) is 2.00. The second-order valence-corrected chi connectivity index (χ2v) is 5.40. The van der Waals surface area contributed by atoms with Crippen molar-refractivity contribution in [3.8, 4) is 11.3 Å². The summed E-state index contributed by atoms with van der Waals surface area (Å²) < 4.78 is 5.56. The largest absolute Gasteiger partial charge is 0.464 e. The standard InChI is InChI=1S/C18H18N4O/c1-12-11-16(15-7-5-4-6-8-15)20-18(19-12)22-21-14(3)17-10-9-13(2)23-17/h4-11,14H,1-3H3. The lowest BCUT2D eigenvalue weighted by Crippen LogP contribution is -1.91. The molecule has 0 bridgehead atoms. The van der Waals surface area contributed by atoms with Crippen molar-refractivity contribution < 1.29 is 4.42 Å². The van der Waals surface area contributed by atoms with E-state index in [0.717, 1.165) is 28.5 Å². The Morgan fingerprint density at radius 2 is 1.78 bits per heavy atom. The van der Waals surface area contributed by atoms with E-state index in [1.165, 1.54) is 0 Å². The van der Waals surface area contributed by atoms with Crippen molar-refractivity contribution in [2.45, 2.75) is 26.8 Å². The lowest BCUT2D eigenvalue weighted by Gasteiger charge is -2.04. The number of hydrogen-bond acceptors (Lipinski definition) is 5. The highest BCUT2D eigenvalue weighted by Gasteiger charge is 2.09. The van der Waals surface area contributed by atoms with Crippen molar-refractivity contribution in [1.82, 2.24) is 9.97 Å². The van der Waals surface area contributed by atoms with Gasteiger partial charge in [-0.25, -0.2) is 9.97 Å². The zero-order chi connectivity index (χ0) is 16.2. The summed E-state index contributed by atoms with van der Waals surface area (Å²) in [6.07, 6.45) is 0. The summed E-state index contributed by atoms with van der Waals surface area (Å²) >= 11 is 0. The molecule has 0 aliphatic rings. The van der Waals surface area contributed by atoms with Gasteiger partial charge in [-0.3, -0.25) is 0 Å². The fraction of sp³-hybridized carbons (Fsp3) is 0.222. The monoisotopic (exact) mass is 306 g/mol. The van der Waals surface area contributed by atoms with Crippen LogP contribution in [0.1, 0.15) is 30.2 Å². The maximum Gasteiger partial charge on any atom is 0.269 e. The molecule has 5 nitrogen and oxygen atoms in total. The van der Waals surface area contributed by atoms with Gasteiger partial charge in [0.1, 0.15) is 17.6 Å². The van der Waals surface area contributed by atoms with Gasteiger partial charge >= 0.3 is 0 Å². The maximum absolute atomic E-state index is 5.56. The third-order valence-electron chi connectivity index (χ3n) is 3.41. The molecule has 0 radical (unpaired) electrons. The van der Waals surface area contributed by atoms with Crippen LogP contribution in [-0.2, 0) is 0 Å². The molecule has 116 valence electrons. The van der Waals surface area contributed by atoms with Crippen LogP contribution in [0.3, 0.4) is 0 Å². The lowest BCUT2D eigenvalue weighted by atomic mass is 10.1. The Labute approximate surface area is 135 Å². The van der Waals surface area contributed by atoms with Crippen molar-refractivity contribution in [1.29, 1.82) is 0 Å². The smallest absolute Gasteiger partial charge is 0.269 e. The Morgan fingerprint density at radius 3 is 2.48 bits per heavy atom. The second kappa shape index (κ2) is 6.52. The van der Waals surface area contributed by atoms with Gasteiger partial charge in [-0.15, -0.1) is 5.11 Å². The normalized spacial score (nSPS) is 12.7. The molecule has 23 heavy (non-hydrogen) atoms. The number of hydrogen-bond donors (Lipinski definition) is 0. The molecule has 0 amide bonds. The Balaban J connectivity index is 1.85. The van der Waals surface area contributed by atoms with Crippen LogP contribution in [-0.4, -0.2) is 9.97 Å². The number of azo groups is 1. The number of benzene rings is 1. The van der Waals surface area contributed by atoms with Gasteiger partial charge in [-0.2, -0.15) is 5.11 Å². The highest BCUT2D eigenvalue weighted by Crippen LogP contribution is 2.23. The zero-order valence-corrected chi connectivity index (χ0v) is 13.4. The first kappa shape index (κ1) is 15.1. The van der Waals surface area contributed by atoms with Gasteiger partial charge in [0.2, 0.25) is 0 Å².